The molecule has 3 fully saturated rings. The topological polar surface area (TPSA) is 121 Å². The Balaban J connectivity index is 1.41. The molecule has 218 valence electrons. The van der Waals surface area contributed by atoms with E-state index in [0.29, 0.717) is 33.6 Å². The van der Waals surface area contributed by atoms with Crippen LogP contribution in [0.2, 0.25) is 0 Å². The number of rotatable bonds is 8. The van der Waals surface area contributed by atoms with E-state index in [0.717, 1.165) is 25.9 Å². The zero-order valence-electron chi connectivity index (χ0n) is 22.6. The van der Waals surface area contributed by atoms with Crippen LogP contribution < -0.4 is 20.5 Å². The maximum Gasteiger partial charge on any atom is 0.257 e. The van der Waals surface area contributed by atoms with E-state index in [1.807, 2.05) is 0 Å². The van der Waals surface area contributed by atoms with Crippen molar-refractivity contribution in [3.8, 4) is 0 Å². The van der Waals surface area contributed by atoms with Crippen molar-refractivity contribution in [1.29, 1.82) is 0 Å². The third-order valence-corrected chi connectivity index (χ3v) is 9.82. The molecular weight excluding hydrogens is 542 g/mol. The molecule has 3 aliphatic rings. The molecule has 5 rings (SSSR count). The molecule has 2 aliphatic carbocycles. The van der Waals surface area contributed by atoms with Gasteiger partial charge in [-0.1, -0.05) is 0 Å². The minimum absolute atomic E-state index is 0.179. The van der Waals surface area contributed by atoms with Crippen molar-refractivity contribution in [1.82, 2.24) is 4.57 Å². The second-order valence-corrected chi connectivity index (χ2v) is 13.4. The number of benzene rings is 1. The lowest BCUT2D eigenvalue weighted by molar-refractivity contribution is -0.0442. The van der Waals surface area contributed by atoms with Crippen LogP contribution in [-0.2, 0) is 10.0 Å². The Kier molecular flexibility index (Phi) is 7.68. The van der Waals surface area contributed by atoms with Crippen LogP contribution in [0.1, 0.15) is 73.3 Å². The number of aromatic nitrogens is 1. The normalized spacial score (nSPS) is 20.4. The maximum absolute atomic E-state index is 13.7. The van der Waals surface area contributed by atoms with Crippen LogP contribution in [0.3, 0.4) is 0 Å². The van der Waals surface area contributed by atoms with Gasteiger partial charge in [-0.2, -0.15) is 0 Å². The third-order valence-electron chi connectivity index (χ3n) is 8.56. The van der Waals surface area contributed by atoms with Gasteiger partial charge < -0.3 is 19.9 Å². The number of sulfonamides is 1. The van der Waals surface area contributed by atoms with Gasteiger partial charge in [0.15, 0.2) is 0 Å². The molecule has 2 aromatic rings. The molecule has 1 aliphatic heterocycles. The van der Waals surface area contributed by atoms with E-state index < -0.39 is 34.2 Å². The molecule has 1 saturated heterocycles. The summed E-state index contributed by atoms with van der Waals surface area (Å²) in [5.41, 5.74) is 2.15. The summed E-state index contributed by atoms with van der Waals surface area (Å²) in [5.74, 6) is -3.58. The monoisotopic (exact) mass is 578 g/mol. The molecule has 12 heteroatoms. The zero-order valence-corrected chi connectivity index (χ0v) is 23.4. The van der Waals surface area contributed by atoms with Crippen LogP contribution in [0.5, 0.6) is 0 Å². The van der Waals surface area contributed by atoms with Crippen LogP contribution in [0, 0.1) is 12.3 Å². The first-order chi connectivity index (χ1) is 18.9. The van der Waals surface area contributed by atoms with Crippen molar-refractivity contribution in [2.24, 2.45) is 5.41 Å². The fourth-order valence-corrected chi connectivity index (χ4v) is 6.71. The summed E-state index contributed by atoms with van der Waals surface area (Å²) < 4.78 is 55.9. The number of carbonyl (C=O) groups excluding carboxylic acids is 1. The first-order valence-corrected chi connectivity index (χ1v) is 15.5. The number of anilines is 3. The summed E-state index contributed by atoms with van der Waals surface area (Å²) in [6.45, 7) is 2.60. The largest absolute Gasteiger partial charge is 0.395 e. The van der Waals surface area contributed by atoms with E-state index >= 15 is 0 Å². The molecule has 0 atom stereocenters. The Labute approximate surface area is 232 Å². The number of carbonyl (C=O) groups is 1. The van der Waals surface area contributed by atoms with E-state index in [9.17, 15) is 26.8 Å². The Morgan fingerprint density at radius 1 is 1.05 bits per heavy atom. The summed E-state index contributed by atoms with van der Waals surface area (Å²) in [6.07, 6.45) is 5.74. The number of hydrogen-bond acceptors (Lipinski definition) is 6. The number of hydrogen-bond donors (Lipinski definition) is 3. The minimum atomic E-state index is -3.75. The number of aryl methyl sites for hydroxylation is 1. The summed E-state index contributed by atoms with van der Waals surface area (Å²) >= 11 is 0. The molecule has 3 N–H and O–H groups in total. The molecule has 40 heavy (non-hydrogen) atoms. The van der Waals surface area contributed by atoms with Gasteiger partial charge in [0.2, 0.25) is 15.9 Å². The lowest BCUT2D eigenvalue weighted by Crippen LogP contribution is -2.36. The fourth-order valence-electron chi connectivity index (χ4n) is 5.88. The van der Waals surface area contributed by atoms with Crippen LogP contribution in [-0.4, -0.2) is 55.4 Å². The van der Waals surface area contributed by atoms with Gasteiger partial charge in [0.1, 0.15) is 0 Å². The Morgan fingerprint density at radius 3 is 2.35 bits per heavy atom. The first kappa shape index (κ1) is 28.5. The van der Waals surface area contributed by atoms with E-state index in [2.05, 4.69) is 14.9 Å². The summed E-state index contributed by atoms with van der Waals surface area (Å²) in [6, 6.07) is 5.92. The van der Waals surface area contributed by atoms with Gasteiger partial charge in [0.25, 0.3) is 11.5 Å². The second-order valence-electron chi connectivity index (χ2n) is 11.5. The van der Waals surface area contributed by atoms with Crippen LogP contribution >= 0.6 is 0 Å². The minimum Gasteiger partial charge on any atom is -0.395 e. The fraction of sp³-hybridized carbons (Fsp3) is 0.571. The van der Waals surface area contributed by atoms with Crippen LogP contribution in [0.4, 0.5) is 25.8 Å². The Bertz CT molecular complexity index is 1440. The highest BCUT2D eigenvalue weighted by Crippen LogP contribution is 2.54. The lowest BCUT2D eigenvalue weighted by Gasteiger charge is -2.35. The van der Waals surface area contributed by atoms with Crippen molar-refractivity contribution < 1.29 is 27.1 Å². The third kappa shape index (κ3) is 6.33. The molecule has 1 aromatic heterocycles. The van der Waals surface area contributed by atoms with E-state index in [-0.39, 0.29) is 37.3 Å². The number of pyridine rings is 1. The average molecular weight is 579 g/mol. The highest BCUT2D eigenvalue weighted by Gasteiger charge is 2.44. The van der Waals surface area contributed by atoms with Gasteiger partial charge in [0, 0.05) is 43.7 Å². The van der Waals surface area contributed by atoms with Gasteiger partial charge in [-0.05, 0) is 75.1 Å². The molecule has 1 aromatic carbocycles. The number of amides is 1. The van der Waals surface area contributed by atoms with Crippen LogP contribution in [0.15, 0.2) is 35.3 Å². The van der Waals surface area contributed by atoms with Crippen molar-refractivity contribution in [3.05, 3.63) is 51.9 Å². The van der Waals surface area contributed by atoms with Crippen molar-refractivity contribution in [2.75, 3.05) is 40.4 Å². The van der Waals surface area contributed by atoms with E-state index in [4.69, 9.17) is 5.11 Å². The quantitative estimate of drug-likeness (QED) is 0.430. The molecule has 2 heterocycles. The van der Waals surface area contributed by atoms with Crippen molar-refractivity contribution >= 4 is 33.0 Å². The molecular formula is C28H36F2N4O5S. The molecule has 0 radical (unpaired) electrons. The molecule has 9 nitrogen and oxygen atoms in total. The average Bonchev–Trinajstić information content (AvgIpc) is 3.65. The second kappa shape index (κ2) is 10.8. The number of nitrogens with one attached hydrogen (secondary N) is 2. The molecule has 0 bridgehead atoms. The number of piperidine rings is 1. The SMILES string of the molecule is Cc1cc(NC(=O)c2ccc(NS(=O)(=O)CCO)cc2N2CCC3(CC2)CC3)cn(C2CCC(F)(F)CC2)c1=O. The highest BCUT2D eigenvalue weighted by atomic mass is 32.2. The molecule has 1 spiro atoms. The zero-order chi connectivity index (χ0) is 28.7. The van der Waals surface area contributed by atoms with Gasteiger partial charge >= 0.3 is 0 Å². The predicted molar refractivity (Wildman–Crippen MR) is 150 cm³/mol. The number of halogens is 2. The number of aliphatic hydroxyl groups excluding tert-OH is 1. The number of alkyl halides is 2. The van der Waals surface area contributed by atoms with E-state index in [1.165, 1.54) is 29.7 Å². The highest BCUT2D eigenvalue weighted by molar-refractivity contribution is 7.92. The summed E-state index contributed by atoms with van der Waals surface area (Å²) in [7, 11) is -3.75. The van der Waals surface area contributed by atoms with Gasteiger partial charge in [-0.25, -0.2) is 17.2 Å². The summed E-state index contributed by atoms with van der Waals surface area (Å²) in [4.78, 5) is 28.5. The Morgan fingerprint density at radius 2 is 1.73 bits per heavy atom. The molecule has 2 saturated carbocycles. The van der Waals surface area contributed by atoms with Gasteiger partial charge in [-0.15, -0.1) is 0 Å². The number of aliphatic hydroxyl groups is 1. The van der Waals surface area contributed by atoms with Crippen LogP contribution in [0.25, 0.3) is 0 Å². The van der Waals surface area contributed by atoms with Crippen molar-refractivity contribution in [2.45, 2.75) is 70.3 Å². The first-order valence-electron chi connectivity index (χ1n) is 13.8. The molecule has 0 unspecified atom stereocenters. The summed E-state index contributed by atoms with van der Waals surface area (Å²) in [5, 5.41) is 12.0. The number of nitrogens with zero attached hydrogens (tertiary/aromatic N) is 2. The standard InChI is InChI=1S/C28H36F2N4O5S/c1-19-16-21(18-34(26(19)37)22-4-6-28(29,30)7-5-22)31-25(36)23-3-2-20(32-40(38,39)15-14-35)17-24(23)33-12-10-27(8-9-27)11-13-33/h2-3,16-18,22,32,35H,4-15H2,1H3,(H,31,36). The Hall–Kier alpha value is -2.99. The molecule has 1 amide bonds. The van der Waals surface area contributed by atoms with Gasteiger partial charge in [0.05, 0.1) is 35.0 Å². The van der Waals surface area contributed by atoms with E-state index in [1.54, 1.807) is 25.1 Å². The van der Waals surface area contributed by atoms with Gasteiger partial charge in [-0.3, -0.25) is 14.3 Å². The van der Waals surface area contributed by atoms with Crippen molar-refractivity contribution in [3.63, 3.8) is 0 Å². The maximum atomic E-state index is 13.7. The lowest BCUT2D eigenvalue weighted by atomic mass is 9.92. The smallest absolute Gasteiger partial charge is 0.257 e. The predicted octanol–water partition coefficient (Wildman–Crippen LogP) is 4.27.